The van der Waals surface area contributed by atoms with Crippen molar-refractivity contribution in [2.75, 3.05) is 0 Å². The molecule has 1 aliphatic rings. The first-order chi connectivity index (χ1) is 10.3. The summed E-state index contributed by atoms with van der Waals surface area (Å²) < 4.78 is 5.28. The molecular formula is C16H21N3O3. The van der Waals surface area contributed by atoms with Crippen molar-refractivity contribution in [1.82, 2.24) is 10.7 Å². The molecule has 1 heterocycles. The van der Waals surface area contributed by atoms with Crippen LogP contribution in [-0.4, -0.2) is 29.4 Å². The Kier molecular flexibility index (Phi) is 4.49. The number of ether oxygens (including phenoxy) is 1. The summed E-state index contributed by atoms with van der Waals surface area (Å²) in [6.07, 6.45) is 1.65. The molecule has 2 N–H and O–H groups in total. The first-order valence-corrected chi connectivity index (χ1v) is 7.18. The topological polar surface area (TPSA) is 79.8 Å². The highest BCUT2D eigenvalue weighted by molar-refractivity contribution is 5.94. The molecule has 0 radical (unpaired) electrons. The van der Waals surface area contributed by atoms with E-state index in [1.165, 1.54) is 0 Å². The Morgan fingerprint density at radius 3 is 2.64 bits per heavy atom. The van der Waals surface area contributed by atoms with Gasteiger partial charge >= 0.3 is 6.09 Å². The second-order valence-electron chi connectivity index (χ2n) is 6.33. The predicted molar refractivity (Wildman–Crippen MR) is 83.5 cm³/mol. The van der Waals surface area contributed by atoms with Crippen LogP contribution in [0.2, 0.25) is 0 Å². The van der Waals surface area contributed by atoms with Gasteiger partial charge in [-0.25, -0.2) is 10.2 Å². The highest BCUT2D eigenvalue weighted by Crippen LogP contribution is 2.21. The summed E-state index contributed by atoms with van der Waals surface area (Å²) in [5.41, 5.74) is 1.65. The highest BCUT2D eigenvalue weighted by Gasteiger charge is 2.42. The molecule has 1 aliphatic heterocycles. The van der Waals surface area contributed by atoms with Crippen LogP contribution in [0.1, 0.15) is 32.8 Å². The van der Waals surface area contributed by atoms with Gasteiger partial charge in [-0.2, -0.15) is 5.10 Å². The lowest BCUT2D eigenvalue weighted by Crippen LogP contribution is -2.61. The van der Waals surface area contributed by atoms with Gasteiger partial charge in [0.25, 0.3) is 5.91 Å². The molecular weight excluding hydrogens is 282 g/mol. The molecule has 0 spiro atoms. The zero-order chi connectivity index (χ0) is 16.2. The third-order valence-electron chi connectivity index (χ3n) is 3.22. The fourth-order valence-corrected chi connectivity index (χ4v) is 2.25. The van der Waals surface area contributed by atoms with Gasteiger partial charge in [0.1, 0.15) is 11.1 Å². The monoisotopic (exact) mass is 303 g/mol. The molecule has 1 aromatic rings. The molecule has 0 aliphatic carbocycles. The van der Waals surface area contributed by atoms with Crippen LogP contribution in [0.4, 0.5) is 4.79 Å². The number of hydrogen-bond donors (Lipinski definition) is 2. The van der Waals surface area contributed by atoms with Crippen LogP contribution >= 0.6 is 0 Å². The van der Waals surface area contributed by atoms with Gasteiger partial charge in [0.15, 0.2) is 0 Å². The van der Waals surface area contributed by atoms with E-state index in [0.717, 1.165) is 5.56 Å². The van der Waals surface area contributed by atoms with E-state index < -0.39 is 17.2 Å². The maximum Gasteiger partial charge on any atom is 0.408 e. The first kappa shape index (κ1) is 16.0. The van der Waals surface area contributed by atoms with Crippen molar-refractivity contribution < 1.29 is 14.3 Å². The summed E-state index contributed by atoms with van der Waals surface area (Å²) in [6, 6.07) is 9.52. The average Bonchev–Trinajstić information content (AvgIpc) is 2.41. The number of nitrogens with one attached hydrogen (secondary N) is 2. The van der Waals surface area contributed by atoms with Crippen LogP contribution in [0.3, 0.4) is 0 Å². The first-order valence-electron chi connectivity index (χ1n) is 7.18. The van der Waals surface area contributed by atoms with Crippen LogP contribution in [0.5, 0.6) is 0 Å². The molecule has 0 saturated carbocycles. The van der Waals surface area contributed by atoms with Crippen LogP contribution < -0.4 is 10.7 Å². The molecule has 118 valence electrons. The van der Waals surface area contributed by atoms with E-state index in [-0.39, 0.29) is 5.91 Å². The van der Waals surface area contributed by atoms with Crippen molar-refractivity contribution in [2.45, 2.75) is 44.8 Å². The number of amides is 2. The van der Waals surface area contributed by atoms with Gasteiger partial charge in [-0.15, -0.1) is 0 Å². The van der Waals surface area contributed by atoms with Crippen molar-refractivity contribution in [2.24, 2.45) is 5.10 Å². The lowest BCUT2D eigenvalue weighted by Gasteiger charge is -2.34. The van der Waals surface area contributed by atoms with Crippen LogP contribution in [0.25, 0.3) is 0 Å². The lowest BCUT2D eigenvalue weighted by molar-refractivity contribution is -0.128. The SMILES string of the molecule is CC(C)(C)OC(=O)NC1(Cc2ccccc2)CC=NNC1=O. The molecule has 0 bridgehead atoms. The fraction of sp³-hybridized carbons (Fsp3) is 0.438. The molecule has 1 atom stereocenters. The second-order valence-corrected chi connectivity index (χ2v) is 6.33. The summed E-state index contributed by atoms with van der Waals surface area (Å²) >= 11 is 0. The van der Waals surface area contributed by atoms with E-state index in [0.29, 0.717) is 12.8 Å². The smallest absolute Gasteiger partial charge is 0.408 e. The van der Waals surface area contributed by atoms with Crippen molar-refractivity contribution >= 4 is 18.2 Å². The minimum atomic E-state index is -1.09. The van der Waals surface area contributed by atoms with Crippen LogP contribution in [0, 0.1) is 0 Å². The number of rotatable bonds is 3. The Morgan fingerprint density at radius 1 is 1.36 bits per heavy atom. The molecule has 6 heteroatoms. The zero-order valence-corrected chi connectivity index (χ0v) is 13.1. The quantitative estimate of drug-likeness (QED) is 0.896. The summed E-state index contributed by atoms with van der Waals surface area (Å²) in [4.78, 5) is 24.4. The van der Waals surface area contributed by atoms with E-state index >= 15 is 0 Å². The van der Waals surface area contributed by atoms with Crippen molar-refractivity contribution in [3.8, 4) is 0 Å². The Balaban J connectivity index is 2.21. The normalized spacial score (nSPS) is 21.1. The van der Waals surface area contributed by atoms with E-state index in [2.05, 4.69) is 15.8 Å². The van der Waals surface area contributed by atoms with E-state index in [1.54, 1.807) is 27.0 Å². The van der Waals surface area contributed by atoms with Gasteiger partial charge < -0.3 is 10.1 Å². The van der Waals surface area contributed by atoms with E-state index in [1.807, 2.05) is 30.3 Å². The molecule has 0 fully saturated rings. The van der Waals surface area contributed by atoms with Gasteiger partial charge in [-0.1, -0.05) is 30.3 Å². The largest absolute Gasteiger partial charge is 0.444 e. The minimum Gasteiger partial charge on any atom is -0.444 e. The zero-order valence-electron chi connectivity index (χ0n) is 13.1. The van der Waals surface area contributed by atoms with Crippen molar-refractivity contribution in [3.63, 3.8) is 0 Å². The Hall–Kier alpha value is -2.37. The molecule has 0 saturated heterocycles. The predicted octanol–water partition coefficient (Wildman–Crippen LogP) is 2.00. The van der Waals surface area contributed by atoms with E-state index in [9.17, 15) is 9.59 Å². The standard InChI is InChI=1S/C16H21N3O3/c1-15(2,3)22-14(21)18-16(9-10-17-19-13(16)20)11-12-7-5-4-6-8-12/h4-8,10H,9,11H2,1-3H3,(H,18,21)(H,19,20). The van der Waals surface area contributed by atoms with E-state index in [4.69, 9.17) is 4.74 Å². The second kappa shape index (κ2) is 6.17. The maximum absolute atomic E-state index is 12.3. The Labute approximate surface area is 129 Å². The summed E-state index contributed by atoms with van der Waals surface area (Å²) in [5, 5.41) is 6.48. The third kappa shape index (κ3) is 4.07. The van der Waals surface area contributed by atoms with Gasteiger partial charge in [0.05, 0.1) is 0 Å². The number of hydrogen-bond acceptors (Lipinski definition) is 4. The molecule has 2 amide bonds. The molecule has 1 unspecified atom stereocenters. The van der Waals surface area contributed by atoms with Crippen molar-refractivity contribution in [3.05, 3.63) is 35.9 Å². The number of carbonyl (C=O) groups excluding carboxylic acids is 2. The molecule has 0 aromatic heterocycles. The lowest BCUT2D eigenvalue weighted by atomic mass is 9.86. The molecule has 22 heavy (non-hydrogen) atoms. The third-order valence-corrected chi connectivity index (χ3v) is 3.22. The Morgan fingerprint density at radius 2 is 2.05 bits per heavy atom. The number of hydrazone groups is 1. The average molecular weight is 303 g/mol. The molecule has 6 nitrogen and oxygen atoms in total. The maximum atomic E-state index is 12.3. The van der Waals surface area contributed by atoms with Gasteiger partial charge in [-0.05, 0) is 26.3 Å². The highest BCUT2D eigenvalue weighted by atomic mass is 16.6. The number of nitrogens with zero attached hydrogens (tertiary/aromatic N) is 1. The summed E-state index contributed by atoms with van der Waals surface area (Å²) in [5.74, 6) is -0.343. The summed E-state index contributed by atoms with van der Waals surface area (Å²) in [7, 11) is 0. The fourth-order valence-electron chi connectivity index (χ4n) is 2.25. The molecule has 2 rings (SSSR count). The van der Waals surface area contributed by atoms with Gasteiger partial charge in [0, 0.05) is 19.1 Å². The number of benzene rings is 1. The van der Waals surface area contributed by atoms with Crippen LogP contribution in [-0.2, 0) is 16.0 Å². The summed E-state index contributed by atoms with van der Waals surface area (Å²) in [6.45, 7) is 5.33. The van der Waals surface area contributed by atoms with Crippen LogP contribution in [0.15, 0.2) is 35.4 Å². The minimum absolute atomic E-state index is 0.312. The van der Waals surface area contributed by atoms with Gasteiger partial charge in [-0.3, -0.25) is 4.79 Å². The van der Waals surface area contributed by atoms with Crippen molar-refractivity contribution in [1.29, 1.82) is 0 Å². The number of carbonyl (C=O) groups is 2. The Bertz CT molecular complexity index is 578. The number of alkyl carbamates (subject to hydrolysis) is 1. The van der Waals surface area contributed by atoms with Gasteiger partial charge in [0.2, 0.25) is 0 Å². The molecule has 1 aromatic carbocycles.